The van der Waals surface area contributed by atoms with Gasteiger partial charge in [0.05, 0.1) is 6.21 Å². The highest BCUT2D eigenvalue weighted by atomic mass is 127. The maximum absolute atomic E-state index is 6.02. The molecule has 33 heavy (non-hydrogen) atoms. The molecule has 0 aromatic heterocycles. The first kappa shape index (κ1) is 23.1. The summed E-state index contributed by atoms with van der Waals surface area (Å²) < 4.78 is 8.74. The van der Waals surface area contributed by atoms with E-state index in [4.69, 9.17) is 4.74 Å². The first-order chi connectivity index (χ1) is 16.2. The van der Waals surface area contributed by atoms with E-state index in [0.717, 1.165) is 34.6 Å². The summed E-state index contributed by atoms with van der Waals surface area (Å²) in [7, 11) is 1.75. The van der Waals surface area contributed by atoms with Crippen LogP contribution >= 0.6 is 36.7 Å². The second-order valence-electron chi connectivity index (χ2n) is 6.80. The predicted octanol–water partition coefficient (Wildman–Crippen LogP) is 5.07. The molecule has 168 valence electrons. The fourth-order valence-corrected chi connectivity index (χ4v) is 5.15. The number of ether oxygens (including phenoxy) is 1. The lowest BCUT2D eigenvalue weighted by Gasteiger charge is -2.17. The van der Waals surface area contributed by atoms with Gasteiger partial charge in [0.15, 0.2) is 3.84 Å². The Morgan fingerprint density at radius 3 is 2.58 bits per heavy atom. The van der Waals surface area contributed by atoms with Crippen molar-refractivity contribution in [3.63, 3.8) is 0 Å². The van der Waals surface area contributed by atoms with Gasteiger partial charge in [-0.05, 0) is 35.9 Å². The minimum absolute atomic E-state index is 0.481. The van der Waals surface area contributed by atoms with Gasteiger partial charge >= 0.3 is 0 Å². The van der Waals surface area contributed by atoms with Gasteiger partial charge in [-0.25, -0.2) is 5.43 Å². The van der Waals surface area contributed by atoms with Gasteiger partial charge in [-0.2, -0.15) is 10.1 Å². The van der Waals surface area contributed by atoms with Crippen molar-refractivity contribution >= 4 is 62.1 Å². The second-order valence-corrected chi connectivity index (χ2v) is 10.3. The zero-order valence-electron chi connectivity index (χ0n) is 17.8. The van der Waals surface area contributed by atoms with Crippen molar-refractivity contribution in [1.82, 2.24) is 10.7 Å². The summed E-state index contributed by atoms with van der Waals surface area (Å²) >= 11 is 2.99. The molecular weight excluding hydrogens is 595 g/mol. The summed E-state index contributed by atoms with van der Waals surface area (Å²) in [5.41, 5.74) is 5.94. The lowest BCUT2D eigenvalue weighted by molar-refractivity contribution is 0.306. The van der Waals surface area contributed by atoms with E-state index in [0.29, 0.717) is 12.6 Å². The van der Waals surface area contributed by atoms with Crippen molar-refractivity contribution in [2.75, 3.05) is 12.4 Å². The molecule has 0 atom stereocenters. The van der Waals surface area contributed by atoms with Crippen molar-refractivity contribution in [2.24, 2.45) is 15.1 Å². The van der Waals surface area contributed by atoms with Crippen LogP contribution in [0.15, 0.2) is 98.4 Å². The molecule has 9 heteroatoms. The topological polar surface area (TPSA) is 82.4 Å². The van der Waals surface area contributed by atoms with Crippen molar-refractivity contribution < 1.29 is 4.74 Å². The van der Waals surface area contributed by atoms with E-state index in [1.54, 1.807) is 13.3 Å². The zero-order chi connectivity index (χ0) is 22.9. The summed E-state index contributed by atoms with van der Waals surface area (Å²) in [5, 5.41) is 11.1. The number of rotatable bonds is 7. The van der Waals surface area contributed by atoms with E-state index < -0.39 is 20.7 Å². The van der Waals surface area contributed by atoms with Crippen LogP contribution in [0.3, 0.4) is 0 Å². The van der Waals surface area contributed by atoms with Crippen LogP contribution in [0.2, 0.25) is 0 Å². The SMILES string of the molecule is CN=C1N=C(NN=Cc2cc(Br)ccc2OCc2ccccc2)NC(Nc2ccccc2)=I1. The zero-order valence-corrected chi connectivity index (χ0v) is 21.5. The van der Waals surface area contributed by atoms with Crippen LogP contribution in [0, 0.1) is 0 Å². The molecule has 0 spiro atoms. The number of nitrogens with zero attached hydrogens (tertiary/aromatic N) is 3. The molecule has 3 N–H and O–H groups in total. The molecule has 0 saturated heterocycles. The van der Waals surface area contributed by atoms with E-state index >= 15 is 0 Å². The normalized spacial score (nSPS) is 14.7. The fourth-order valence-electron chi connectivity index (χ4n) is 2.85. The predicted molar refractivity (Wildman–Crippen MR) is 149 cm³/mol. The molecule has 0 radical (unpaired) electrons. The molecule has 7 nitrogen and oxygen atoms in total. The van der Waals surface area contributed by atoms with E-state index in [2.05, 4.69) is 47.1 Å². The third-order valence-electron chi connectivity index (χ3n) is 4.41. The Bertz CT molecular complexity index is 1210. The first-order valence-corrected chi connectivity index (χ1v) is 13.1. The minimum atomic E-state index is -0.529. The van der Waals surface area contributed by atoms with Crippen LogP contribution in [0.1, 0.15) is 11.1 Å². The molecule has 0 bridgehead atoms. The maximum atomic E-state index is 6.02. The number of hydrogen-bond donors (Lipinski definition) is 3. The molecule has 0 amide bonds. The third-order valence-corrected chi connectivity index (χ3v) is 7.18. The number of anilines is 1. The van der Waals surface area contributed by atoms with Gasteiger partial charge in [0.2, 0.25) is 5.96 Å². The summed E-state index contributed by atoms with van der Waals surface area (Å²) in [5.74, 6) is 1.25. The monoisotopic (exact) mass is 616 g/mol. The number of hydrazone groups is 1. The minimum Gasteiger partial charge on any atom is -0.488 e. The van der Waals surface area contributed by atoms with Crippen LogP contribution in [-0.4, -0.2) is 26.8 Å². The highest BCUT2D eigenvalue weighted by molar-refractivity contribution is 14.2. The summed E-state index contributed by atoms with van der Waals surface area (Å²) in [6, 6.07) is 25.9. The average Bonchev–Trinajstić information content (AvgIpc) is 2.84. The Morgan fingerprint density at radius 1 is 1.06 bits per heavy atom. The number of nitrogens with one attached hydrogen (secondary N) is 3. The molecule has 1 heterocycles. The van der Waals surface area contributed by atoms with E-state index in [1.807, 2.05) is 78.9 Å². The number of guanidine groups is 1. The summed E-state index contributed by atoms with van der Waals surface area (Å²) in [6.07, 6.45) is 1.71. The van der Waals surface area contributed by atoms with Gasteiger partial charge in [-0.15, -0.1) is 0 Å². The Morgan fingerprint density at radius 2 is 1.82 bits per heavy atom. The van der Waals surface area contributed by atoms with Crippen LogP contribution in [0.25, 0.3) is 0 Å². The molecule has 3 aromatic rings. The fraction of sp³-hybridized carbons (Fsp3) is 0.0833. The number of hydrogen-bond acceptors (Lipinski definition) is 6. The largest absolute Gasteiger partial charge is 0.488 e. The highest BCUT2D eigenvalue weighted by Gasteiger charge is 2.12. The number of benzene rings is 3. The van der Waals surface area contributed by atoms with Gasteiger partial charge in [-0.3, -0.25) is 4.99 Å². The van der Waals surface area contributed by atoms with Crippen LogP contribution in [0.5, 0.6) is 5.75 Å². The van der Waals surface area contributed by atoms with Gasteiger partial charge in [0.1, 0.15) is 16.1 Å². The molecule has 0 unspecified atom stereocenters. The van der Waals surface area contributed by atoms with Gasteiger partial charge in [0.25, 0.3) is 0 Å². The third kappa shape index (κ3) is 6.96. The summed E-state index contributed by atoms with van der Waals surface area (Å²) in [6.45, 7) is 0.481. The summed E-state index contributed by atoms with van der Waals surface area (Å²) in [4.78, 5) is 8.81. The number of para-hydroxylation sites is 1. The lowest BCUT2D eigenvalue weighted by Crippen LogP contribution is -2.43. The van der Waals surface area contributed by atoms with Gasteiger partial charge in [-0.1, -0.05) is 64.5 Å². The Labute approximate surface area is 211 Å². The molecule has 1 aliphatic heterocycles. The van der Waals surface area contributed by atoms with Crippen molar-refractivity contribution in [3.8, 4) is 5.75 Å². The van der Waals surface area contributed by atoms with Gasteiger partial charge in [0, 0.05) is 43.5 Å². The van der Waals surface area contributed by atoms with E-state index in [1.165, 1.54) is 0 Å². The van der Waals surface area contributed by atoms with Crippen LogP contribution in [-0.2, 0) is 6.61 Å². The average molecular weight is 617 g/mol. The number of halogens is 2. The highest BCUT2D eigenvalue weighted by Crippen LogP contribution is 2.23. The van der Waals surface area contributed by atoms with Crippen molar-refractivity contribution in [3.05, 3.63) is 94.5 Å². The molecule has 3 aromatic carbocycles. The first-order valence-electron chi connectivity index (χ1n) is 10.1. The smallest absolute Gasteiger partial charge is 0.225 e. The van der Waals surface area contributed by atoms with E-state index in [-0.39, 0.29) is 0 Å². The Hall–Kier alpha value is -3.05. The molecule has 0 aliphatic carbocycles. The molecule has 1 aliphatic rings. The Balaban J connectivity index is 1.43. The van der Waals surface area contributed by atoms with Crippen molar-refractivity contribution in [1.29, 1.82) is 0 Å². The number of aliphatic imine (C=N–C) groups is 2. The maximum Gasteiger partial charge on any atom is 0.225 e. The Kier molecular flexibility index (Phi) is 8.20. The lowest BCUT2D eigenvalue weighted by atomic mass is 10.2. The standard InChI is InChI=1S/C24H22BrIN6O/c1-27-22-26-23(29-20-10-6-3-7-11-20)31-24(30-22)32-28-15-18-14-19(25)12-13-21(18)33-16-17-8-4-2-5-9-17/h2-15H,16H2,1H3,(H3,27,29,30,31,32). The van der Waals surface area contributed by atoms with Crippen LogP contribution in [0.4, 0.5) is 5.69 Å². The molecule has 0 saturated carbocycles. The molecule has 0 fully saturated rings. The molecular formula is C24H22BrIN6O. The second kappa shape index (κ2) is 11.7. The quantitative estimate of drug-likeness (QED) is 0.150. The van der Waals surface area contributed by atoms with Crippen LogP contribution < -0.4 is 20.8 Å². The molecule has 4 rings (SSSR count). The van der Waals surface area contributed by atoms with Crippen molar-refractivity contribution in [2.45, 2.75) is 6.61 Å². The number of amidine groups is 1. The van der Waals surface area contributed by atoms with Gasteiger partial charge < -0.3 is 15.4 Å². The van der Waals surface area contributed by atoms with E-state index in [9.17, 15) is 0 Å².